The highest BCUT2D eigenvalue weighted by molar-refractivity contribution is 7.21. The van der Waals surface area contributed by atoms with Crippen LogP contribution in [0.5, 0.6) is 0 Å². The number of carbonyl (C=O) groups is 1. The highest BCUT2D eigenvalue weighted by Crippen LogP contribution is 2.35. The Morgan fingerprint density at radius 3 is 2.55 bits per heavy atom. The van der Waals surface area contributed by atoms with Crippen LogP contribution in [0.3, 0.4) is 0 Å². The summed E-state index contributed by atoms with van der Waals surface area (Å²) in [5.74, 6) is -0.261. The van der Waals surface area contributed by atoms with Gasteiger partial charge in [0.1, 0.15) is 10.5 Å². The van der Waals surface area contributed by atoms with Crippen LogP contribution in [0, 0.1) is 6.92 Å². The molecule has 3 aromatic carbocycles. The lowest BCUT2D eigenvalue weighted by Gasteiger charge is -2.10. The summed E-state index contributed by atoms with van der Waals surface area (Å²) in [5.41, 5.74) is 2.89. The van der Waals surface area contributed by atoms with E-state index in [9.17, 15) is 9.59 Å². The zero-order chi connectivity index (χ0) is 21.5. The number of hydrogen-bond donors (Lipinski definition) is 1. The molecule has 0 aliphatic carbocycles. The SMILES string of the molecule is Cc1cc(NC(=O)c2sc3ccccc3c2Cl)ccc1-c1cc2ccccc2oc1=O. The lowest BCUT2D eigenvalue weighted by Crippen LogP contribution is -2.11. The van der Waals surface area contributed by atoms with Crippen LogP contribution >= 0.6 is 22.9 Å². The molecule has 0 spiro atoms. The van der Waals surface area contributed by atoms with E-state index in [0.717, 1.165) is 26.6 Å². The van der Waals surface area contributed by atoms with Crippen molar-refractivity contribution in [1.82, 2.24) is 0 Å². The van der Waals surface area contributed by atoms with Crippen molar-refractivity contribution in [3.63, 3.8) is 0 Å². The minimum atomic E-state index is -0.393. The first kappa shape index (κ1) is 19.5. The number of carbonyl (C=O) groups excluding carboxylic acids is 1. The van der Waals surface area contributed by atoms with Gasteiger partial charge in [-0.05, 0) is 48.4 Å². The molecular formula is C25H16ClNO3S. The fourth-order valence-electron chi connectivity index (χ4n) is 3.64. The average Bonchev–Trinajstić information content (AvgIpc) is 3.11. The Bertz CT molecular complexity index is 1530. The minimum absolute atomic E-state index is 0.261. The van der Waals surface area contributed by atoms with E-state index >= 15 is 0 Å². The average molecular weight is 446 g/mol. The maximum Gasteiger partial charge on any atom is 0.344 e. The molecule has 2 heterocycles. The number of anilines is 1. The van der Waals surface area contributed by atoms with Crippen molar-refractivity contribution < 1.29 is 9.21 Å². The number of amides is 1. The Kier molecular flexibility index (Phi) is 4.85. The number of hydrogen-bond acceptors (Lipinski definition) is 4. The van der Waals surface area contributed by atoms with Crippen LogP contribution in [0.4, 0.5) is 5.69 Å². The number of aryl methyl sites for hydroxylation is 1. The predicted molar refractivity (Wildman–Crippen MR) is 127 cm³/mol. The standard InChI is InChI=1S/C25H16ClNO3S/c1-14-12-16(27-24(28)23-22(26)18-7-3-5-9-21(18)31-23)10-11-17(14)19-13-15-6-2-4-8-20(15)30-25(19)29/h2-13H,1H3,(H,27,28). The van der Waals surface area contributed by atoms with Gasteiger partial charge in [-0.15, -0.1) is 11.3 Å². The van der Waals surface area contributed by atoms with Crippen LogP contribution in [0.15, 0.2) is 82.0 Å². The molecule has 0 atom stereocenters. The monoisotopic (exact) mass is 445 g/mol. The molecule has 0 aliphatic heterocycles. The Morgan fingerprint density at radius 1 is 0.968 bits per heavy atom. The van der Waals surface area contributed by atoms with Crippen LogP contribution in [-0.4, -0.2) is 5.91 Å². The number of benzene rings is 3. The van der Waals surface area contributed by atoms with Crippen LogP contribution in [-0.2, 0) is 0 Å². The summed E-state index contributed by atoms with van der Waals surface area (Å²) in [7, 11) is 0. The lowest BCUT2D eigenvalue weighted by molar-refractivity contribution is 0.103. The smallest absolute Gasteiger partial charge is 0.344 e. The van der Waals surface area contributed by atoms with Gasteiger partial charge in [0.15, 0.2) is 0 Å². The second-order valence-electron chi connectivity index (χ2n) is 7.21. The van der Waals surface area contributed by atoms with Gasteiger partial charge in [0.25, 0.3) is 5.91 Å². The van der Waals surface area contributed by atoms with E-state index in [2.05, 4.69) is 5.32 Å². The van der Waals surface area contributed by atoms with Crippen LogP contribution in [0.2, 0.25) is 5.02 Å². The summed E-state index contributed by atoms with van der Waals surface area (Å²) in [6.45, 7) is 1.89. The number of para-hydroxylation sites is 1. The molecule has 5 aromatic rings. The molecule has 31 heavy (non-hydrogen) atoms. The normalized spacial score (nSPS) is 11.2. The molecule has 6 heteroatoms. The minimum Gasteiger partial charge on any atom is -0.422 e. The summed E-state index contributed by atoms with van der Waals surface area (Å²) in [6, 6.07) is 22.3. The number of fused-ring (bicyclic) bond motifs is 2. The largest absolute Gasteiger partial charge is 0.422 e. The van der Waals surface area contributed by atoms with Gasteiger partial charge in [0, 0.05) is 21.2 Å². The van der Waals surface area contributed by atoms with Gasteiger partial charge >= 0.3 is 5.63 Å². The molecule has 5 rings (SSSR count). The Balaban J connectivity index is 1.47. The maximum atomic E-state index is 12.8. The Hall–Kier alpha value is -3.41. The number of nitrogens with one attached hydrogen (secondary N) is 1. The summed E-state index contributed by atoms with van der Waals surface area (Å²) in [4.78, 5) is 25.8. The predicted octanol–water partition coefficient (Wildman–Crippen LogP) is 6.89. The quantitative estimate of drug-likeness (QED) is 0.307. The van der Waals surface area contributed by atoms with E-state index in [-0.39, 0.29) is 5.91 Å². The summed E-state index contributed by atoms with van der Waals surface area (Å²) in [6.07, 6.45) is 0. The first-order valence-electron chi connectivity index (χ1n) is 9.63. The van der Waals surface area contributed by atoms with E-state index in [1.807, 2.05) is 67.6 Å². The third-order valence-electron chi connectivity index (χ3n) is 5.16. The van der Waals surface area contributed by atoms with Gasteiger partial charge < -0.3 is 9.73 Å². The maximum absolute atomic E-state index is 12.8. The van der Waals surface area contributed by atoms with E-state index in [4.69, 9.17) is 16.0 Å². The van der Waals surface area contributed by atoms with Crippen molar-refractivity contribution >= 4 is 55.6 Å². The highest BCUT2D eigenvalue weighted by Gasteiger charge is 2.18. The third-order valence-corrected chi connectivity index (χ3v) is 6.83. The summed E-state index contributed by atoms with van der Waals surface area (Å²) in [5, 5.41) is 5.09. The van der Waals surface area contributed by atoms with E-state index in [1.54, 1.807) is 12.1 Å². The van der Waals surface area contributed by atoms with Gasteiger partial charge in [-0.3, -0.25) is 4.79 Å². The molecule has 0 saturated carbocycles. The van der Waals surface area contributed by atoms with Gasteiger partial charge in [0.2, 0.25) is 0 Å². The van der Waals surface area contributed by atoms with Gasteiger partial charge in [-0.1, -0.05) is 54.1 Å². The molecule has 2 aromatic heterocycles. The molecule has 0 saturated heterocycles. The van der Waals surface area contributed by atoms with Crippen LogP contribution in [0.1, 0.15) is 15.2 Å². The molecular weight excluding hydrogens is 430 g/mol. The molecule has 0 radical (unpaired) electrons. The molecule has 1 N–H and O–H groups in total. The van der Waals surface area contributed by atoms with E-state index in [1.165, 1.54) is 11.3 Å². The Labute approximate surface area is 186 Å². The third kappa shape index (κ3) is 3.52. The van der Waals surface area contributed by atoms with Crippen molar-refractivity contribution in [3.05, 3.63) is 98.7 Å². The van der Waals surface area contributed by atoms with Crippen molar-refractivity contribution in [2.24, 2.45) is 0 Å². The Morgan fingerprint density at radius 2 is 1.74 bits per heavy atom. The molecule has 0 fully saturated rings. The van der Waals surface area contributed by atoms with Crippen LogP contribution in [0.25, 0.3) is 32.2 Å². The highest BCUT2D eigenvalue weighted by atomic mass is 35.5. The second kappa shape index (κ2) is 7.69. The number of thiophene rings is 1. The van der Waals surface area contributed by atoms with Gasteiger partial charge in [-0.2, -0.15) is 0 Å². The van der Waals surface area contributed by atoms with Crippen molar-refractivity contribution in [2.45, 2.75) is 6.92 Å². The lowest BCUT2D eigenvalue weighted by atomic mass is 10.0. The van der Waals surface area contributed by atoms with Crippen molar-refractivity contribution in [1.29, 1.82) is 0 Å². The van der Waals surface area contributed by atoms with Gasteiger partial charge in [-0.25, -0.2) is 4.79 Å². The fourth-order valence-corrected chi connectivity index (χ4v) is 5.05. The number of halogens is 1. The zero-order valence-corrected chi connectivity index (χ0v) is 18.0. The first-order chi connectivity index (χ1) is 15.0. The van der Waals surface area contributed by atoms with Crippen molar-refractivity contribution in [2.75, 3.05) is 5.32 Å². The molecule has 152 valence electrons. The van der Waals surface area contributed by atoms with Crippen molar-refractivity contribution in [3.8, 4) is 11.1 Å². The molecule has 0 aliphatic rings. The van der Waals surface area contributed by atoms with E-state index in [0.29, 0.717) is 26.7 Å². The summed E-state index contributed by atoms with van der Waals surface area (Å²) < 4.78 is 6.42. The molecule has 0 bridgehead atoms. The van der Waals surface area contributed by atoms with E-state index < -0.39 is 5.63 Å². The zero-order valence-electron chi connectivity index (χ0n) is 16.4. The molecule has 0 unspecified atom stereocenters. The fraction of sp³-hybridized carbons (Fsp3) is 0.0400. The van der Waals surface area contributed by atoms with Gasteiger partial charge in [0.05, 0.1) is 10.6 Å². The van der Waals surface area contributed by atoms with Crippen LogP contribution < -0.4 is 10.9 Å². The second-order valence-corrected chi connectivity index (χ2v) is 8.64. The molecule has 4 nitrogen and oxygen atoms in total. The summed E-state index contributed by atoms with van der Waals surface area (Å²) >= 11 is 7.79. The number of rotatable bonds is 3. The first-order valence-corrected chi connectivity index (χ1v) is 10.8. The topological polar surface area (TPSA) is 59.3 Å². The molecule has 1 amide bonds.